The van der Waals surface area contributed by atoms with Crippen LogP contribution in [-0.2, 0) is 4.74 Å². The predicted octanol–water partition coefficient (Wildman–Crippen LogP) is 4.14. The number of hydrogen-bond donors (Lipinski definition) is 1. The first-order chi connectivity index (χ1) is 12.5. The van der Waals surface area contributed by atoms with E-state index in [1.54, 1.807) is 12.1 Å². The summed E-state index contributed by atoms with van der Waals surface area (Å²) >= 11 is 0. The molecule has 0 bridgehead atoms. The zero-order chi connectivity index (χ0) is 18.6. The minimum atomic E-state index is -4.49. The van der Waals surface area contributed by atoms with E-state index in [2.05, 4.69) is 15.0 Å². The summed E-state index contributed by atoms with van der Waals surface area (Å²) in [6.07, 6.45) is -6.47. The van der Waals surface area contributed by atoms with Crippen molar-refractivity contribution in [3.63, 3.8) is 0 Å². The number of nitrogens with zero attached hydrogens (tertiary/aromatic N) is 1. The number of halogens is 6. The van der Waals surface area contributed by atoms with E-state index in [-0.39, 0.29) is 36.6 Å². The van der Waals surface area contributed by atoms with Gasteiger partial charge in [-0.2, -0.15) is 17.6 Å². The minimum absolute atomic E-state index is 0. The van der Waals surface area contributed by atoms with Crippen molar-refractivity contribution in [2.24, 2.45) is 5.92 Å². The van der Waals surface area contributed by atoms with Crippen LogP contribution in [0.25, 0.3) is 0 Å². The maximum absolute atomic E-state index is 13.1. The molecule has 10 heteroatoms. The molecule has 2 heterocycles. The van der Waals surface area contributed by atoms with E-state index >= 15 is 0 Å². The zero-order valence-electron chi connectivity index (χ0n) is 15.3. The highest BCUT2D eigenvalue weighted by Crippen LogP contribution is 2.36. The molecule has 1 aromatic carbocycles. The van der Waals surface area contributed by atoms with E-state index in [0.717, 1.165) is 57.8 Å². The number of ether oxygens (including phenoxy) is 2. The van der Waals surface area contributed by atoms with Crippen molar-refractivity contribution in [1.82, 2.24) is 10.2 Å². The van der Waals surface area contributed by atoms with E-state index in [1.807, 2.05) is 0 Å². The number of nitrogens with one attached hydrogen (secondary N) is 1. The molecule has 2 aliphatic heterocycles. The second kappa shape index (κ2) is 11.4. The molecule has 0 saturated carbocycles. The minimum Gasteiger partial charge on any atom is -0.428 e. The first-order valence-electron chi connectivity index (χ1n) is 8.95. The highest BCUT2D eigenvalue weighted by molar-refractivity contribution is 5.85. The quantitative estimate of drug-likeness (QED) is 0.663. The average molecular weight is 449 g/mol. The molecule has 0 radical (unpaired) electrons. The predicted molar refractivity (Wildman–Crippen MR) is 103 cm³/mol. The molecule has 1 atom stereocenters. The fraction of sp³-hybridized carbons (Fsp3) is 0.667. The van der Waals surface area contributed by atoms with Crippen LogP contribution in [0.1, 0.15) is 24.4 Å². The molecule has 3 rings (SSSR count). The largest absolute Gasteiger partial charge is 0.461 e. The van der Waals surface area contributed by atoms with Gasteiger partial charge in [-0.15, -0.1) is 24.8 Å². The van der Waals surface area contributed by atoms with Crippen molar-refractivity contribution in [3.8, 4) is 5.75 Å². The third-order valence-electron chi connectivity index (χ3n) is 4.99. The summed E-state index contributed by atoms with van der Waals surface area (Å²) in [4.78, 5) is 2.40. The van der Waals surface area contributed by atoms with E-state index in [4.69, 9.17) is 4.74 Å². The summed E-state index contributed by atoms with van der Waals surface area (Å²) < 4.78 is 60.4. The Bertz CT molecular complexity index is 551. The summed E-state index contributed by atoms with van der Waals surface area (Å²) in [5.74, 6) is 0.154. The molecule has 4 nitrogen and oxygen atoms in total. The first kappa shape index (κ1) is 25.2. The molecule has 1 N–H and O–H groups in total. The van der Waals surface area contributed by atoms with Gasteiger partial charge in [0, 0.05) is 45.4 Å². The van der Waals surface area contributed by atoms with Crippen molar-refractivity contribution in [2.45, 2.75) is 31.4 Å². The molecule has 0 spiro atoms. The number of alkyl halides is 4. The van der Waals surface area contributed by atoms with Gasteiger partial charge in [0.05, 0.1) is 0 Å². The molecule has 1 aromatic rings. The standard InChI is InChI=1S/C18H24F4N2O2.2ClH/c19-17(20)18(21,22)26-15-3-1-13(2-4-15)16(14-5-11-25-12-6-14)24-9-7-23-8-10-24;;/h1-4,14,16-17,23H,5-12H2;2*1H/t16-;;/m0../s1. The van der Waals surface area contributed by atoms with Crippen molar-refractivity contribution >= 4 is 24.8 Å². The average Bonchev–Trinajstić information content (AvgIpc) is 2.65. The molecule has 0 aromatic heterocycles. The molecule has 2 saturated heterocycles. The van der Waals surface area contributed by atoms with Crippen molar-refractivity contribution in [2.75, 3.05) is 39.4 Å². The van der Waals surface area contributed by atoms with Crippen LogP contribution in [0.5, 0.6) is 5.75 Å². The second-order valence-corrected chi connectivity index (χ2v) is 6.71. The van der Waals surface area contributed by atoms with Crippen molar-refractivity contribution in [1.29, 1.82) is 0 Å². The lowest BCUT2D eigenvalue weighted by Crippen LogP contribution is -2.47. The molecule has 2 aliphatic rings. The van der Waals surface area contributed by atoms with Crippen LogP contribution in [-0.4, -0.2) is 56.8 Å². The van der Waals surface area contributed by atoms with Gasteiger partial charge in [0.2, 0.25) is 0 Å². The summed E-state index contributed by atoms with van der Waals surface area (Å²) in [6, 6.07) is 6.27. The molecule has 28 heavy (non-hydrogen) atoms. The Morgan fingerprint density at radius 2 is 1.61 bits per heavy atom. The number of hydrogen-bond acceptors (Lipinski definition) is 4. The summed E-state index contributed by atoms with van der Waals surface area (Å²) in [6.45, 7) is 5.06. The Morgan fingerprint density at radius 1 is 1.04 bits per heavy atom. The van der Waals surface area contributed by atoms with Gasteiger partial charge in [-0.05, 0) is 36.5 Å². The molecule has 0 aliphatic carbocycles. The van der Waals surface area contributed by atoms with Gasteiger partial charge in [0.1, 0.15) is 5.75 Å². The van der Waals surface area contributed by atoms with Crippen molar-refractivity contribution < 1.29 is 27.0 Å². The topological polar surface area (TPSA) is 33.7 Å². The van der Waals surface area contributed by atoms with Gasteiger partial charge in [0.15, 0.2) is 0 Å². The molecular formula is C18H26Cl2F4N2O2. The lowest BCUT2D eigenvalue weighted by molar-refractivity contribution is -0.253. The van der Waals surface area contributed by atoms with Gasteiger partial charge in [-0.3, -0.25) is 4.90 Å². The zero-order valence-corrected chi connectivity index (χ0v) is 16.9. The maximum Gasteiger partial charge on any atom is 0.461 e. The molecule has 0 unspecified atom stereocenters. The van der Waals surface area contributed by atoms with Crippen LogP contribution in [0.4, 0.5) is 17.6 Å². The number of rotatable bonds is 6. The monoisotopic (exact) mass is 448 g/mol. The van der Waals surface area contributed by atoms with E-state index in [0.29, 0.717) is 5.92 Å². The van der Waals surface area contributed by atoms with Gasteiger partial charge in [-0.1, -0.05) is 12.1 Å². The van der Waals surface area contributed by atoms with E-state index < -0.39 is 12.5 Å². The van der Waals surface area contributed by atoms with E-state index in [1.165, 1.54) is 12.1 Å². The Hall–Kier alpha value is -0.800. The van der Waals surface area contributed by atoms with Gasteiger partial charge >= 0.3 is 12.5 Å². The third-order valence-corrected chi connectivity index (χ3v) is 4.99. The Balaban J connectivity index is 0.00000196. The Morgan fingerprint density at radius 3 is 2.14 bits per heavy atom. The van der Waals surface area contributed by atoms with Gasteiger partial charge in [0.25, 0.3) is 0 Å². The molecule has 0 amide bonds. The smallest absolute Gasteiger partial charge is 0.428 e. The summed E-state index contributed by atoms with van der Waals surface area (Å²) in [7, 11) is 0. The van der Waals surface area contributed by atoms with Crippen molar-refractivity contribution in [3.05, 3.63) is 29.8 Å². The fourth-order valence-corrected chi connectivity index (χ4v) is 3.71. The number of benzene rings is 1. The summed E-state index contributed by atoms with van der Waals surface area (Å²) in [5.41, 5.74) is 0.992. The van der Waals surface area contributed by atoms with Crippen LogP contribution in [0.3, 0.4) is 0 Å². The second-order valence-electron chi connectivity index (χ2n) is 6.71. The maximum atomic E-state index is 13.1. The van der Waals surface area contributed by atoms with Crippen LogP contribution >= 0.6 is 24.8 Å². The normalized spacial score (nSPS) is 20.2. The third kappa shape index (κ3) is 6.35. The van der Waals surface area contributed by atoms with E-state index in [9.17, 15) is 17.6 Å². The number of piperazine rings is 1. The molecule has 2 fully saturated rings. The lowest BCUT2D eigenvalue weighted by atomic mass is 9.85. The van der Waals surface area contributed by atoms with Crippen LogP contribution in [0.2, 0.25) is 0 Å². The fourth-order valence-electron chi connectivity index (χ4n) is 3.71. The molecular weight excluding hydrogens is 423 g/mol. The summed E-state index contributed by atoms with van der Waals surface area (Å²) in [5, 5.41) is 3.33. The SMILES string of the molecule is Cl.Cl.FC(F)C(F)(F)Oc1ccc([C@@H](C2CCOCC2)N2CCNCC2)cc1. The first-order valence-corrected chi connectivity index (χ1v) is 8.95. The van der Waals surface area contributed by atoms with Crippen LogP contribution < -0.4 is 10.1 Å². The van der Waals surface area contributed by atoms with Crippen LogP contribution in [0, 0.1) is 5.92 Å². The highest BCUT2D eigenvalue weighted by Gasteiger charge is 2.44. The Labute approximate surface area is 174 Å². The highest BCUT2D eigenvalue weighted by atomic mass is 35.5. The Kier molecular flexibility index (Phi) is 10.3. The van der Waals surface area contributed by atoms with Gasteiger partial charge in [-0.25, -0.2) is 0 Å². The van der Waals surface area contributed by atoms with Gasteiger partial charge < -0.3 is 14.8 Å². The van der Waals surface area contributed by atoms with Crippen LogP contribution in [0.15, 0.2) is 24.3 Å². The lowest BCUT2D eigenvalue weighted by Gasteiger charge is -2.41. The molecule has 162 valence electrons.